The molecule has 0 saturated carbocycles. The minimum absolute atomic E-state index is 0.229. The third kappa shape index (κ3) is 3.44. The van der Waals surface area contributed by atoms with Crippen molar-refractivity contribution in [3.8, 4) is 0 Å². The Hall–Kier alpha value is -1.15. The lowest BCUT2D eigenvalue weighted by molar-refractivity contribution is 0.568. The van der Waals surface area contributed by atoms with Crippen LogP contribution in [-0.2, 0) is 16.6 Å². The largest absolute Gasteiger partial charge is 0.363 e. The number of rotatable bonds is 6. The maximum absolute atomic E-state index is 12.2. The number of thiophene rings is 1. The van der Waals surface area contributed by atoms with Crippen molar-refractivity contribution >= 4 is 21.4 Å². The molecule has 2 aromatic rings. The summed E-state index contributed by atoms with van der Waals surface area (Å²) in [5.74, 6) is 0. The van der Waals surface area contributed by atoms with Crippen LogP contribution in [0.15, 0.2) is 34.7 Å². The topological polar surface area (TPSA) is 74.0 Å². The van der Waals surface area contributed by atoms with Crippen molar-refractivity contribution in [2.75, 3.05) is 7.05 Å². The summed E-state index contributed by atoms with van der Waals surface area (Å²) < 4.78 is 27.1. The molecule has 5 nitrogen and oxygen atoms in total. The second-order valence-corrected chi connectivity index (χ2v) is 6.94. The molecular weight excluding hydrogens is 282 g/mol. The average Bonchev–Trinajstić information content (AvgIpc) is 2.99. The Labute approximate surface area is 117 Å². The van der Waals surface area contributed by atoms with Crippen LogP contribution < -0.4 is 10.0 Å². The molecule has 0 aromatic carbocycles. The molecule has 1 unspecified atom stereocenters. The lowest BCUT2D eigenvalue weighted by Crippen LogP contribution is -2.26. The molecule has 104 valence electrons. The van der Waals surface area contributed by atoms with E-state index in [1.807, 2.05) is 31.5 Å². The number of aromatic amines is 1. The lowest BCUT2D eigenvalue weighted by Gasteiger charge is -2.11. The highest BCUT2D eigenvalue weighted by Crippen LogP contribution is 2.21. The summed E-state index contributed by atoms with van der Waals surface area (Å²) >= 11 is 1.54. The van der Waals surface area contributed by atoms with Gasteiger partial charge in [0.1, 0.15) is 0 Å². The van der Waals surface area contributed by atoms with E-state index in [2.05, 4.69) is 15.0 Å². The summed E-state index contributed by atoms with van der Waals surface area (Å²) in [5.41, 5.74) is 0.839. The van der Waals surface area contributed by atoms with Crippen molar-refractivity contribution in [3.05, 3.63) is 40.3 Å². The van der Waals surface area contributed by atoms with Crippen LogP contribution in [-0.4, -0.2) is 20.4 Å². The summed E-state index contributed by atoms with van der Waals surface area (Å²) in [4.78, 5) is 4.20. The zero-order valence-electron chi connectivity index (χ0n) is 10.8. The first kappa shape index (κ1) is 14.3. The van der Waals surface area contributed by atoms with Gasteiger partial charge in [-0.15, -0.1) is 11.3 Å². The summed E-state index contributed by atoms with van der Waals surface area (Å²) in [6.07, 6.45) is 1.51. The predicted octanol–water partition coefficient (Wildman–Crippen LogP) is 1.84. The zero-order valence-corrected chi connectivity index (χ0v) is 12.4. The summed E-state index contributed by atoms with van der Waals surface area (Å²) in [6.45, 7) is 2.44. The molecule has 2 aromatic heterocycles. The Bertz CT molecular complexity index is 617. The van der Waals surface area contributed by atoms with Gasteiger partial charge in [0, 0.05) is 23.3 Å². The standard InChI is InChI=1S/C12H17N3O2S2/c1-9(12-4-3-5-18-12)15-19(16,17)11-6-10(7-13-2)14-8-11/h3-6,8-9,13-15H,7H2,1-2H3. The molecule has 2 rings (SSSR count). The highest BCUT2D eigenvalue weighted by atomic mass is 32.2. The van der Waals surface area contributed by atoms with Crippen LogP contribution in [0.2, 0.25) is 0 Å². The smallest absolute Gasteiger partial charge is 0.242 e. The Balaban J connectivity index is 2.13. The zero-order chi connectivity index (χ0) is 13.9. The highest BCUT2D eigenvalue weighted by molar-refractivity contribution is 7.89. The fourth-order valence-electron chi connectivity index (χ4n) is 1.76. The molecule has 0 bridgehead atoms. The summed E-state index contributed by atoms with van der Waals surface area (Å²) in [7, 11) is -1.67. The van der Waals surface area contributed by atoms with E-state index in [-0.39, 0.29) is 10.9 Å². The van der Waals surface area contributed by atoms with E-state index < -0.39 is 10.0 Å². The van der Waals surface area contributed by atoms with Gasteiger partial charge in [0.15, 0.2) is 0 Å². The monoisotopic (exact) mass is 299 g/mol. The van der Waals surface area contributed by atoms with E-state index >= 15 is 0 Å². The molecular formula is C12H17N3O2S2. The van der Waals surface area contributed by atoms with Crippen LogP contribution in [0.5, 0.6) is 0 Å². The van der Waals surface area contributed by atoms with Gasteiger partial charge in [0.25, 0.3) is 0 Å². The second-order valence-electron chi connectivity index (χ2n) is 4.25. The molecule has 0 aliphatic heterocycles. The van der Waals surface area contributed by atoms with Gasteiger partial charge in [-0.25, -0.2) is 13.1 Å². The number of aromatic nitrogens is 1. The van der Waals surface area contributed by atoms with E-state index in [4.69, 9.17) is 0 Å². The fraction of sp³-hybridized carbons (Fsp3) is 0.333. The third-order valence-corrected chi connectivity index (χ3v) is 5.27. The number of H-pyrrole nitrogens is 1. The van der Waals surface area contributed by atoms with Crippen molar-refractivity contribution in [2.24, 2.45) is 0 Å². The van der Waals surface area contributed by atoms with E-state index in [0.29, 0.717) is 6.54 Å². The van der Waals surface area contributed by atoms with Crippen LogP contribution >= 0.6 is 11.3 Å². The SMILES string of the molecule is CNCc1cc(S(=O)(=O)NC(C)c2cccs2)c[nH]1. The minimum Gasteiger partial charge on any atom is -0.363 e. The van der Waals surface area contributed by atoms with Gasteiger partial charge in [-0.2, -0.15) is 0 Å². The molecule has 7 heteroatoms. The van der Waals surface area contributed by atoms with E-state index in [0.717, 1.165) is 10.6 Å². The van der Waals surface area contributed by atoms with E-state index in [9.17, 15) is 8.42 Å². The Morgan fingerprint density at radius 2 is 2.26 bits per heavy atom. The first-order chi connectivity index (χ1) is 9.03. The molecule has 0 aliphatic rings. The third-order valence-electron chi connectivity index (χ3n) is 2.70. The van der Waals surface area contributed by atoms with Crippen LogP contribution in [0.3, 0.4) is 0 Å². The number of hydrogen-bond acceptors (Lipinski definition) is 4. The predicted molar refractivity (Wildman–Crippen MR) is 76.6 cm³/mol. The summed E-state index contributed by atoms with van der Waals surface area (Å²) in [5, 5.41) is 4.90. The first-order valence-corrected chi connectivity index (χ1v) is 8.27. The molecule has 0 radical (unpaired) electrons. The van der Waals surface area contributed by atoms with Crippen molar-refractivity contribution in [3.63, 3.8) is 0 Å². The molecule has 0 saturated heterocycles. The van der Waals surface area contributed by atoms with Crippen molar-refractivity contribution < 1.29 is 8.42 Å². The fourth-order valence-corrected chi connectivity index (χ4v) is 3.81. The van der Waals surface area contributed by atoms with Gasteiger partial charge in [0.05, 0.1) is 10.9 Å². The highest BCUT2D eigenvalue weighted by Gasteiger charge is 2.20. The Morgan fingerprint density at radius 1 is 1.47 bits per heavy atom. The van der Waals surface area contributed by atoms with Gasteiger partial charge in [0.2, 0.25) is 10.0 Å². The molecule has 2 heterocycles. The maximum atomic E-state index is 12.2. The number of sulfonamides is 1. The molecule has 1 atom stereocenters. The second kappa shape index (κ2) is 5.87. The maximum Gasteiger partial charge on any atom is 0.242 e. The van der Waals surface area contributed by atoms with Gasteiger partial charge in [-0.1, -0.05) is 6.07 Å². The quantitative estimate of drug-likeness (QED) is 0.762. The van der Waals surface area contributed by atoms with E-state index in [1.165, 1.54) is 17.5 Å². The average molecular weight is 299 g/mol. The lowest BCUT2D eigenvalue weighted by atomic mass is 10.3. The molecule has 0 aliphatic carbocycles. The van der Waals surface area contributed by atoms with Crippen LogP contribution in [0.4, 0.5) is 0 Å². The van der Waals surface area contributed by atoms with Crippen LogP contribution in [0.25, 0.3) is 0 Å². The number of nitrogens with one attached hydrogen (secondary N) is 3. The first-order valence-electron chi connectivity index (χ1n) is 5.90. The molecule has 0 spiro atoms. The minimum atomic E-state index is -3.49. The molecule has 3 N–H and O–H groups in total. The van der Waals surface area contributed by atoms with Crippen LogP contribution in [0, 0.1) is 0 Å². The molecule has 19 heavy (non-hydrogen) atoms. The van der Waals surface area contributed by atoms with Gasteiger partial charge in [-0.3, -0.25) is 0 Å². The van der Waals surface area contributed by atoms with Gasteiger partial charge < -0.3 is 10.3 Å². The van der Waals surface area contributed by atoms with Crippen LogP contribution in [0.1, 0.15) is 23.5 Å². The van der Waals surface area contributed by atoms with Gasteiger partial charge in [-0.05, 0) is 31.5 Å². The summed E-state index contributed by atoms with van der Waals surface area (Å²) in [6, 6.07) is 5.24. The molecule has 0 amide bonds. The Kier molecular flexibility index (Phi) is 4.41. The van der Waals surface area contributed by atoms with Gasteiger partial charge >= 0.3 is 0 Å². The molecule has 0 fully saturated rings. The van der Waals surface area contributed by atoms with E-state index in [1.54, 1.807) is 6.07 Å². The normalized spacial score (nSPS) is 13.6. The number of hydrogen-bond donors (Lipinski definition) is 3. The van der Waals surface area contributed by atoms with Crippen molar-refractivity contribution in [1.29, 1.82) is 0 Å². The van der Waals surface area contributed by atoms with Crippen molar-refractivity contribution in [1.82, 2.24) is 15.0 Å². The van der Waals surface area contributed by atoms with Crippen molar-refractivity contribution in [2.45, 2.75) is 24.4 Å². The Morgan fingerprint density at radius 3 is 2.89 bits per heavy atom.